The summed E-state index contributed by atoms with van der Waals surface area (Å²) in [5, 5.41) is 8.45. The van der Waals surface area contributed by atoms with Gasteiger partial charge in [0.15, 0.2) is 0 Å². The molecule has 2 rings (SSSR count). The lowest BCUT2D eigenvalue weighted by Crippen LogP contribution is -2.53. The molecule has 2 saturated heterocycles. The number of hydrogen-bond donors (Lipinski definition) is 4. The summed E-state index contributed by atoms with van der Waals surface area (Å²) < 4.78 is 62.5. The van der Waals surface area contributed by atoms with Crippen molar-refractivity contribution in [3.05, 3.63) is 0 Å². The van der Waals surface area contributed by atoms with Crippen LogP contribution in [-0.4, -0.2) is 67.9 Å². The monoisotopic (exact) mass is 385 g/mol. The fraction of sp³-hybridized carbons (Fsp3) is 0.800. The zero-order valence-corrected chi connectivity index (χ0v) is 14.6. The number of fused-ring (bicyclic) bond motifs is 2. The summed E-state index contributed by atoms with van der Waals surface area (Å²) in [5.74, 6) is -0.413. The summed E-state index contributed by atoms with van der Waals surface area (Å²) in [6, 6.07) is -2.71. The topological polar surface area (TPSA) is 169 Å². The molecular weight excluding hydrogens is 366 g/mol. The molecule has 2 fully saturated rings. The van der Waals surface area contributed by atoms with E-state index in [1.165, 1.54) is 0 Å². The van der Waals surface area contributed by atoms with Gasteiger partial charge in [-0.2, -0.15) is 26.6 Å². The van der Waals surface area contributed by atoms with Crippen molar-refractivity contribution >= 4 is 32.5 Å². The van der Waals surface area contributed by atoms with Crippen molar-refractivity contribution in [3.8, 4) is 0 Å². The van der Waals surface area contributed by atoms with Crippen LogP contribution in [0.5, 0.6) is 0 Å². The smallest absolute Gasteiger partial charge is 0.310 e. The Kier molecular flexibility index (Phi) is 5.06. The number of nitrogens with zero attached hydrogens (tertiary/aromatic N) is 2. The zero-order valence-electron chi connectivity index (χ0n) is 13.0. The maximum Gasteiger partial charge on any atom is 0.418 e. The third-order valence-corrected chi connectivity index (χ3v) is 5.09. The van der Waals surface area contributed by atoms with E-state index < -0.39 is 44.6 Å². The van der Waals surface area contributed by atoms with Gasteiger partial charge in [-0.1, -0.05) is 0 Å². The first kappa shape index (κ1) is 18.9. The van der Waals surface area contributed by atoms with E-state index in [4.69, 9.17) is 9.96 Å². The minimum absolute atomic E-state index is 0.0563. The normalized spacial score (nSPS) is 24.6. The Morgan fingerprint density at radius 1 is 1.33 bits per heavy atom. The van der Waals surface area contributed by atoms with Crippen LogP contribution < -0.4 is 9.44 Å². The maximum absolute atomic E-state index is 12.2. The van der Waals surface area contributed by atoms with Crippen LogP contribution in [0.4, 0.5) is 4.79 Å². The van der Waals surface area contributed by atoms with Crippen LogP contribution in [0.3, 0.4) is 0 Å². The Labute approximate surface area is 139 Å². The number of carbonyl (C=O) groups excluding carboxylic acids is 1. The van der Waals surface area contributed by atoms with Crippen LogP contribution in [0.2, 0.25) is 0 Å². The lowest BCUT2D eigenvalue weighted by atomic mass is 10.0. The first-order valence-electron chi connectivity index (χ1n) is 7.05. The molecule has 2 heterocycles. The second-order valence-electron chi connectivity index (χ2n) is 5.80. The van der Waals surface area contributed by atoms with Crippen LogP contribution in [0.1, 0.15) is 26.7 Å². The molecule has 0 unspecified atom stereocenters. The SMILES string of the molecule is CC(C)NS(=O)(=O)NC(=N)[C@@H]1CC[C@@H]2CN1C(=O)N2OS(=O)(=O)O. The van der Waals surface area contributed by atoms with Gasteiger partial charge < -0.3 is 4.90 Å². The highest BCUT2D eigenvalue weighted by atomic mass is 32.3. The molecule has 2 bridgehead atoms. The molecule has 2 atom stereocenters. The van der Waals surface area contributed by atoms with E-state index in [9.17, 15) is 21.6 Å². The minimum atomic E-state index is -4.86. The third-order valence-electron chi connectivity index (χ3n) is 3.47. The van der Waals surface area contributed by atoms with E-state index in [-0.39, 0.29) is 25.4 Å². The average Bonchev–Trinajstić information content (AvgIpc) is 2.60. The fourth-order valence-corrected chi connectivity index (χ4v) is 4.18. The zero-order chi connectivity index (χ0) is 18.3. The number of piperidine rings is 1. The fourth-order valence-electron chi connectivity index (χ4n) is 2.68. The maximum atomic E-state index is 12.2. The number of amidine groups is 1. The van der Waals surface area contributed by atoms with Crippen molar-refractivity contribution < 1.29 is 30.5 Å². The van der Waals surface area contributed by atoms with E-state index in [0.717, 1.165) is 4.90 Å². The van der Waals surface area contributed by atoms with E-state index in [0.29, 0.717) is 5.06 Å². The predicted octanol–water partition coefficient (Wildman–Crippen LogP) is -1.20. The molecule has 0 aromatic carbocycles. The van der Waals surface area contributed by atoms with Crippen molar-refractivity contribution in [2.24, 2.45) is 0 Å². The van der Waals surface area contributed by atoms with Crippen LogP contribution in [-0.2, 0) is 24.9 Å². The van der Waals surface area contributed by atoms with E-state index in [1.807, 2.05) is 4.72 Å². The van der Waals surface area contributed by atoms with Gasteiger partial charge in [0.2, 0.25) is 0 Å². The van der Waals surface area contributed by atoms with Gasteiger partial charge in [0.05, 0.1) is 12.1 Å². The molecule has 12 nitrogen and oxygen atoms in total. The summed E-state index contributed by atoms with van der Waals surface area (Å²) in [5.41, 5.74) is 0. The molecule has 0 aliphatic carbocycles. The molecule has 14 heteroatoms. The van der Waals surface area contributed by atoms with Gasteiger partial charge in [-0.3, -0.25) is 14.7 Å². The highest BCUT2D eigenvalue weighted by molar-refractivity contribution is 7.88. The van der Waals surface area contributed by atoms with Gasteiger partial charge in [0.25, 0.3) is 10.2 Å². The second-order valence-corrected chi connectivity index (χ2v) is 8.25. The summed E-state index contributed by atoms with van der Waals surface area (Å²) >= 11 is 0. The lowest BCUT2D eigenvalue weighted by Gasteiger charge is -2.30. The Morgan fingerprint density at radius 2 is 1.96 bits per heavy atom. The largest absolute Gasteiger partial charge is 0.418 e. The van der Waals surface area contributed by atoms with E-state index in [1.54, 1.807) is 13.8 Å². The van der Waals surface area contributed by atoms with Crippen molar-refractivity contribution in [3.63, 3.8) is 0 Å². The first-order chi connectivity index (χ1) is 10.9. The quantitative estimate of drug-likeness (QED) is 0.253. The molecular formula is C10H19N5O7S2. The van der Waals surface area contributed by atoms with Gasteiger partial charge in [0.1, 0.15) is 5.84 Å². The van der Waals surface area contributed by atoms with Crippen molar-refractivity contribution in [1.29, 1.82) is 5.41 Å². The van der Waals surface area contributed by atoms with Crippen molar-refractivity contribution in [2.45, 2.75) is 44.8 Å². The molecule has 0 saturated carbocycles. The van der Waals surface area contributed by atoms with Gasteiger partial charge in [-0.05, 0) is 26.7 Å². The molecule has 4 N–H and O–H groups in total. The number of carbonyl (C=O) groups is 1. The third kappa shape index (κ3) is 4.32. The number of hydrogen-bond acceptors (Lipinski definition) is 7. The number of nitrogens with one attached hydrogen (secondary N) is 3. The Balaban J connectivity index is 2.10. The van der Waals surface area contributed by atoms with E-state index in [2.05, 4.69) is 9.01 Å². The Hall–Kier alpha value is -1.48. The minimum Gasteiger partial charge on any atom is -0.310 e. The molecule has 2 amide bonds. The van der Waals surface area contributed by atoms with Gasteiger partial charge in [0, 0.05) is 12.6 Å². The molecule has 0 radical (unpaired) electrons. The Bertz CT molecular complexity index is 735. The average molecular weight is 385 g/mol. The van der Waals surface area contributed by atoms with Gasteiger partial charge in [-0.25, -0.2) is 4.79 Å². The summed E-state index contributed by atoms with van der Waals surface area (Å²) in [4.78, 5) is 13.3. The molecule has 0 aromatic rings. The number of amides is 2. The van der Waals surface area contributed by atoms with Gasteiger partial charge in [-0.15, -0.1) is 4.28 Å². The molecule has 138 valence electrons. The van der Waals surface area contributed by atoms with Crippen LogP contribution >= 0.6 is 0 Å². The van der Waals surface area contributed by atoms with Crippen molar-refractivity contribution in [1.82, 2.24) is 19.4 Å². The number of rotatable bonds is 6. The summed E-state index contributed by atoms with van der Waals surface area (Å²) in [7, 11) is -8.81. The number of hydroxylamine groups is 2. The predicted molar refractivity (Wildman–Crippen MR) is 81.4 cm³/mol. The van der Waals surface area contributed by atoms with Crippen LogP contribution in [0.25, 0.3) is 0 Å². The highest BCUT2D eigenvalue weighted by Gasteiger charge is 2.48. The van der Waals surface area contributed by atoms with E-state index >= 15 is 0 Å². The van der Waals surface area contributed by atoms with Crippen LogP contribution in [0.15, 0.2) is 0 Å². The molecule has 0 spiro atoms. The summed E-state index contributed by atoms with van der Waals surface area (Å²) in [6.07, 6.45) is 0.523. The molecule has 0 aromatic heterocycles. The molecule has 24 heavy (non-hydrogen) atoms. The summed E-state index contributed by atoms with van der Waals surface area (Å²) in [6.45, 7) is 3.28. The Morgan fingerprint density at radius 3 is 2.50 bits per heavy atom. The molecule has 2 aliphatic rings. The van der Waals surface area contributed by atoms with Crippen molar-refractivity contribution in [2.75, 3.05) is 6.54 Å². The highest BCUT2D eigenvalue weighted by Crippen LogP contribution is 2.30. The first-order valence-corrected chi connectivity index (χ1v) is 9.90. The van der Waals surface area contributed by atoms with Crippen LogP contribution in [0, 0.1) is 5.41 Å². The molecule has 2 aliphatic heterocycles. The standard InChI is InChI=1S/C10H19N5O7S2/c1-6(2)12-23(17,18)13-9(11)8-4-3-7-5-14(8)10(16)15(7)22-24(19,20)21/h6-8,12H,3-5H2,1-2H3,(H2,11,13)(H,19,20,21)/t7-,8+/m1/s1. The number of urea groups is 1. The van der Waals surface area contributed by atoms with Gasteiger partial charge >= 0.3 is 16.4 Å². The second kappa shape index (κ2) is 6.44. The lowest BCUT2D eigenvalue weighted by molar-refractivity contribution is -0.0316.